The van der Waals surface area contributed by atoms with Gasteiger partial charge in [-0.15, -0.1) is 5.10 Å². The SMILES string of the molecule is CCCn1nncc1C(NCC)C(OC)C(C)C. The first-order valence-electron chi connectivity index (χ1n) is 6.80. The quantitative estimate of drug-likeness (QED) is 0.771. The number of hydrogen-bond acceptors (Lipinski definition) is 4. The predicted molar refractivity (Wildman–Crippen MR) is 72.4 cm³/mol. The summed E-state index contributed by atoms with van der Waals surface area (Å²) in [7, 11) is 1.77. The first-order chi connectivity index (χ1) is 8.65. The van der Waals surface area contributed by atoms with Crippen LogP contribution in [0.15, 0.2) is 6.20 Å². The van der Waals surface area contributed by atoms with E-state index in [1.807, 2.05) is 10.9 Å². The van der Waals surface area contributed by atoms with Gasteiger partial charge in [-0.2, -0.15) is 0 Å². The highest BCUT2D eigenvalue weighted by atomic mass is 16.5. The second-order valence-corrected chi connectivity index (χ2v) is 4.86. The highest BCUT2D eigenvalue weighted by molar-refractivity contribution is 5.06. The van der Waals surface area contributed by atoms with Crippen LogP contribution >= 0.6 is 0 Å². The smallest absolute Gasteiger partial charge is 0.0804 e. The molecule has 18 heavy (non-hydrogen) atoms. The van der Waals surface area contributed by atoms with E-state index in [0.717, 1.165) is 25.2 Å². The minimum atomic E-state index is 0.124. The van der Waals surface area contributed by atoms with E-state index in [1.54, 1.807) is 7.11 Å². The zero-order valence-electron chi connectivity index (χ0n) is 12.2. The highest BCUT2D eigenvalue weighted by Gasteiger charge is 2.28. The third-order valence-corrected chi connectivity index (χ3v) is 3.08. The molecule has 0 aliphatic carbocycles. The molecule has 5 nitrogen and oxygen atoms in total. The molecule has 0 aliphatic heterocycles. The van der Waals surface area contributed by atoms with Crippen molar-refractivity contribution in [3.05, 3.63) is 11.9 Å². The summed E-state index contributed by atoms with van der Waals surface area (Å²) in [6.07, 6.45) is 3.02. The van der Waals surface area contributed by atoms with E-state index < -0.39 is 0 Å². The molecule has 0 fully saturated rings. The summed E-state index contributed by atoms with van der Waals surface area (Å²) < 4.78 is 7.63. The number of methoxy groups -OCH3 is 1. The van der Waals surface area contributed by atoms with Crippen molar-refractivity contribution in [2.45, 2.75) is 52.8 Å². The van der Waals surface area contributed by atoms with Gasteiger partial charge in [-0.25, -0.2) is 4.68 Å². The largest absolute Gasteiger partial charge is 0.379 e. The van der Waals surface area contributed by atoms with E-state index in [4.69, 9.17) is 4.74 Å². The summed E-state index contributed by atoms with van der Waals surface area (Å²) in [4.78, 5) is 0. The van der Waals surface area contributed by atoms with Crippen molar-refractivity contribution in [1.29, 1.82) is 0 Å². The van der Waals surface area contributed by atoms with E-state index in [2.05, 4.69) is 43.3 Å². The number of aromatic nitrogens is 3. The maximum Gasteiger partial charge on any atom is 0.0804 e. The maximum absolute atomic E-state index is 5.65. The summed E-state index contributed by atoms with van der Waals surface area (Å²) in [5.41, 5.74) is 1.11. The molecule has 1 rings (SSSR count). The molecule has 104 valence electrons. The minimum Gasteiger partial charge on any atom is -0.379 e. The van der Waals surface area contributed by atoms with E-state index in [0.29, 0.717) is 5.92 Å². The second kappa shape index (κ2) is 7.48. The van der Waals surface area contributed by atoms with E-state index in [1.165, 1.54) is 0 Å². The third-order valence-electron chi connectivity index (χ3n) is 3.08. The lowest BCUT2D eigenvalue weighted by molar-refractivity contribution is 0.0305. The van der Waals surface area contributed by atoms with Crippen LogP contribution in [-0.4, -0.2) is 34.8 Å². The van der Waals surface area contributed by atoms with Gasteiger partial charge < -0.3 is 10.1 Å². The van der Waals surface area contributed by atoms with Crippen molar-refractivity contribution in [2.75, 3.05) is 13.7 Å². The topological polar surface area (TPSA) is 52.0 Å². The Bertz CT molecular complexity index is 337. The first-order valence-corrected chi connectivity index (χ1v) is 6.80. The molecule has 2 unspecified atom stereocenters. The number of aryl methyl sites for hydroxylation is 1. The van der Waals surface area contributed by atoms with Gasteiger partial charge in [0.1, 0.15) is 0 Å². The summed E-state index contributed by atoms with van der Waals surface area (Å²) in [5.74, 6) is 0.434. The summed E-state index contributed by atoms with van der Waals surface area (Å²) in [5, 5.41) is 11.7. The molecule has 5 heteroatoms. The Balaban J connectivity index is 2.98. The van der Waals surface area contributed by atoms with E-state index >= 15 is 0 Å². The molecule has 0 amide bonds. The molecule has 0 saturated carbocycles. The molecule has 0 aliphatic rings. The van der Waals surface area contributed by atoms with Crippen molar-refractivity contribution in [3.8, 4) is 0 Å². The molecule has 0 bridgehead atoms. The number of nitrogens with zero attached hydrogens (tertiary/aromatic N) is 3. The van der Waals surface area contributed by atoms with E-state index in [-0.39, 0.29) is 12.1 Å². The van der Waals surface area contributed by atoms with Crippen LogP contribution in [0.2, 0.25) is 0 Å². The average molecular weight is 254 g/mol. The zero-order valence-corrected chi connectivity index (χ0v) is 12.2. The van der Waals surface area contributed by atoms with Crippen molar-refractivity contribution in [2.24, 2.45) is 5.92 Å². The number of rotatable bonds is 8. The Kier molecular flexibility index (Phi) is 6.29. The van der Waals surface area contributed by atoms with Gasteiger partial charge in [0.25, 0.3) is 0 Å². The summed E-state index contributed by atoms with van der Waals surface area (Å²) in [6.45, 7) is 10.4. The number of likely N-dealkylation sites (N-methyl/N-ethyl adjacent to an activating group) is 1. The fourth-order valence-electron chi connectivity index (χ4n) is 2.29. The Morgan fingerprint density at radius 1 is 1.39 bits per heavy atom. The standard InChI is InChI=1S/C13H26N4O/c1-6-8-17-11(9-15-16-17)12(14-7-2)13(18-5)10(3)4/h9-10,12-14H,6-8H2,1-5H3. The summed E-state index contributed by atoms with van der Waals surface area (Å²) >= 11 is 0. The van der Waals surface area contributed by atoms with Crippen molar-refractivity contribution in [3.63, 3.8) is 0 Å². The normalized spacial score (nSPS) is 15.0. The van der Waals surface area contributed by atoms with Gasteiger partial charge in [-0.05, 0) is 18.9 Å². The van der Waals surface area contributed by atoms with Crippen LogP contribution in [-0.2, 0) is 11.3 Å². The molecule has 1 N–H and O–H groups in total. The molecule has 2 atom stereocenters. The molecule has 0 saturated heterocycles. The van der Waals surface area contributed by atoms with Gasteiger partial charge in [0.15, 0.2) is 0 Å². The monoisotopic (exact) mass is 254 g/mol. The molecular weight excluding hydrogens is 228 g/mol. The highest BCUT2D eigenvalue weighted by Crippen LogP contribution is 2.23. The van der Waals surface area contributed by atoms with Gasteiger partial charge in [0, 0.05) is 13.7 Å². The van der Waals surface area contributed by atoms with Gasteiger partial charge in [0.2, 0.25) is 0 Å². The fraction of sp³-hybridized carbons (Fsp3) is 0.846. The van der Waals surface area contributed by atoms with Gasteiger partial charge in [0.05, 0.1) is 24.0 Å². The Labute approximate surface area is 110 Å². The second-order valence-electron chi connectivity index (χ2n) is 4.86. The first kappa shape index (κ1) is 15.1. The van der Waals surface area contributed by atoms with Crippen LogP contribution in [0.3, 0.4) is 0 Å². The average Bonchev–Trinajstić information content (AvgIpc) is 2.77. The molecule has 1 aromatic heterocycles. The maximum atomic E-state index is 5.65. The Morgan fingerprint density at radius 2 is 2.11 bits per heavy atom. The molecule has 1 heterocycles. The van der Waals surface area contributed by atoms with Crippen molar-refractivity contribution >= 4 is 0 Å². The lowest BCUT2D eigenvalue weighted by Crippen LogP contribution is -2.38. The van der Waals surface area contributed by atoms with Crippen LogP contribution in [0.5, 0.6) is 0 Å². The Morgan fingerprint density at radius 3 is 2.61 bits per heavy atom. The van der Waals surface area contributed by atoms with Gasteiger partial charge >= 0.3 is 0 Å². The van der Waals surface area contributed by atoms with Crippen LogP contribution in [0.25, 0.3) is 0 Å². The third kappa shape index (κ3) is 3.53. The molecular formula is C13H26N4O. The van der Waals surface area contributed by atoms with Crippen LogP contribution in [0.4, 0.5) is 0 Å². The molecule has 0 radical (unpaired) electrons. The molecule has 0 spiro atoms. The number of hydrogen-bond donors (Lipinski definition) is 1. The predicted octanol–water partition coefficient (Wildman–Crippen LogP) is 2.01. The van der Waals surface area contributed by atoms with Crippen LogP contribution in [0.1, 0.15) is 45.9 Å². The van der Waals surface area contributed by atoms with Gasteiger partial charge in [-0.3, -0.25) is 0 Å². The molecule has 0 aromatic carbocycles. The lowest BCUT2D eigenvalue weighted by Gasteiger charge is -2.29. The number of ether oxygens (including phenoxy) is 1. The number of nitrogens with one attached hydrogen (secondary N) is 1. The van der Waals surface area contributed by atoms with Crippen LogP contribution in [0, 0.1) is 5.92 Å². The zero-order chi connectivity index (χ0) is 13.5. The fourth-order valence-corrected chi connectivity index (χ4v) is 2.29. The minimum absolute atomic E-state index is 0.124. The lowest BCUT2D eigenvalue weighted by atomic mass is 9.97. The van der Waals surface area contributed by atoms with Gasteiger partial charge in [-0.1, -0.05) is 32.9 Å². The Hall–Kier alpha value is -0.940. The van der Waals surface area contributed by atoms with Crippen LogP contribution < -0.4 is 5.32 Å². The van der Waals surface area contributed by atoms with E-state index in [9.17, 15) is 0 Å². The van der Waals surface area contributed by atoms with Crippen molar-refractivity contribution < 1.29 is 4.74 Å². The van der Waals surface area contributed by atoms with Crippen molar-refractivity contribution in [1.82, 2.24) is 20.3 Å². The molecule has 1 aromatic rings. The summed E-state index contributed by atoms with van der Waals surface area (Å²) in [6, 6.07) is 0.140.